The maximum Gasteiger partial charge on any atom is 0.287 e. The van der Waals surface area contributed by atoms with Crippen LogP contribution in [-0.4, -0.2) is 27.5 Å². The summed E-state index contributed by atoms with van der Waals surface area (Å²) in [5.41, 5.74) is 7.44. The van der Waals surface area contributed by atoms with E-state index in [0.29, 0.717) is 0 Å². The van der Waals surface area contributed by atoms with Crippen LogP contribution < -0.4 is 5.56 Å². The molecule has 0 aliphatic carbocycles. The van der Waals surface area contributed by atoms with Gasteiger partial charge in [-0.15, -0.1) is 0 Å². The van der Waals surface area contributed by atoms with Crippen LogP contribution in [0.15, 0.2) is 16.1 Å². The third-order valence-corrected chi connectivity index (χ3v) is 2.43. The summed E-state index contributed by atoms with van der Waals surface area (Å²) < 4.78 is 0.950. The lowest BCUT2D eigenvalue weighted by atomic mass is 10.3. The summed E-state index contributed by atoms with van der Waals surface area (Å²) in [6.07, 6.45) is 0.198. The zero-order valence-corrected chi connectivity index (χ0v) is 9.43. The Morgan fingerprint density at radius 3 is 3.00 bits per heavy atom. The van der Waals surface area contributed by atoms with Crippen LogP contribution in [0.1, 0.15) is 0 Å². The number of halogens is 2. The van der Waals surface area contributed by atoms with Gasteiger partial charge in [-0.25, -0.2) is 4.68 Å². The third kappa shape index (κ3) is 3.11. The first kappa shape index (κ1) is 12.8. The van der Waals surface area contributed by atoms with Crippen LogP contribution in [0.25, 0.3) is 10.4 Å². The van der Waals surface area contributed by atoms with Crippen molar-refractivity contribution in [3.63, 3.8) is 0 Å². The van der Waals surface area contributed by atoms with Crippen LogP contribution >= 0.6 is 23.2 Å². The van der Waals surface area contributed by atoms with Gasteiger partial charge in [0.1, 0.15) is 5.02 Å². The highest BCUT2D eigenvalue weighted by Gasteiger charge is 2.10. The smallest absolute Gasteiger partial charge is 0.287 e. The number of aliphatic hydroxyl groups excluding tert-OH is 1. The lowest BCUT2D eigenvalue weighted by molar-refractivity contribution is 0.155. The second-order valence-electron chi connectivity index (χ2n) is 2.86. The minimum absolute atomic E-state index is 0.0486. The lowest BCUT2D eigenvalue weighted by Gasteiger charge is -2.09. The zero-order valence-electron chi connectivity index (χ0n) is 7.92. The summed E-state index contributed by atoms with van der Waals surface area (Å²) in [7, 11) is 0. The Morgan fingerprint density at radius 2 is 2.38 bits per heavy atom. The third-order valence-electron chi connectivity index (χ3n) is 1.68. The first-order valence-electron chi connectivity index (χ1n) is 4.16. The molecule has 1 unspecified atom stereocenters. The van der Waals surface area contributed by atoms with Crippen molar-refractivity contribution in [2.24, 2.45) is 5.11 Å². The van der Waals surface area contributed by atoms with Gasteiger partial charge >= 0.3 is 0 Å². The van der Waals surface area contributed by atoms with Gasteiger partial charge in [0.25, 0.3) is 5.56 Å². The molecule has 0 aromatic carbocycles. The fourth-order valence-corrected chi connectivity index (χ4v) is 1.23. The number of rotatable bonds is 4. The molecule has 1 atom stereocenters. The molecule has 0 aliphatic heterocycles. The highest BCUT2D eigenvalue weighted by atomic mass is 35.5. The second-order valence-corrected chi connectivity index (χ2v) is 3.65. The van der Waals surface area contributed by atoms with Gasteiger partial charge in [-0.3, -0.25) is 4.79 Å². The van der Waals surface area contributed by atoms with Gasteiger partial charge in [-0.05, 0) is 5.53 Å². The number of hydrogen-bond acceptors (Lipinski definition) is 4. The molecular weight excluding hydrogens is 257 g/mol. The molecule has 0 saturated carbocycles. The fourth-order valence-electron chi connectivity index (χ4n) is 0.963. The number of aliphatic hydroxyl groups is 1. The normalized spacial score (nSPS) is 11.9. The van der Waals surface area contributed by atoms with E-state index in [4.69, 9.17) is 28.7 Å². The van der Waals surface area contributed by atoms with E-state index >= 15 is 0 Å². The van der Waals surface area contributed by atoms with E-state index in [1.807, 2.05) is 0 Å². The van der Waals surface area contributed by atoms with Crippen LogP contribution in [0.3, 0.4) is 0 Å². The van der Waals surface area contributed by atoms with Gasteiger partial charge in [0.15, 0.2) is 0 Å². The SMILES string of the molecule is [N-]=[N+]=NCC(O)Cn1ncc(Cl)c(Cl)c1=O. The van der Waals surface area contributed by atoms with Gasteiger partial charge in [0, 0.05) is 4.91 Å². The maximum absolute atomic E-state index is 11.5. The van der Waals surface area contributed by atoms with Crippen LogP contribution in [-0.2, 0) is 6.54 Å². The molecule has 16 heavy (non-hydrogen) atoms. The summed E-state index contributed by atoms with van der Waals surface area (Å²) in [5.74, 6) is 0. The standard InChI is InChI=1S/C7H7Cl2N5O2/c8-5-2-12-14(7(16)6(5)9)3-4(15)1-11-13-10/h2,4,15H,1,3H2. The molecule has 1 heterocycles. The molecule has 0 spiro atoms. The van der Waals surface area contributed by atoms with Crippen molar-refractivity contribution in [3.05, 3.63) is 37.0 Å². The van der Waals surface area contributed by atoms with Gasteiger partial charge in [0.2, 0.25) is 0 Å². The van der Waals surface area contributed by atoms with E-state index in [1.165, 1.54) is 6.20 Å². The highest BCUT2D eigenvalue weighted by molar-refractivity contribution is 6.41. The maximum atomic E-state index is 11.5. The van der Waals surface area contributed by atoms with Crippen molar-refractivity contribution in [1.29, 1.82) is 0 Å². The predicted molar refractivity (Wildman–Crippen MR) is 58.5 cm³/mol. The minimum atomic E-state index is -1.00. The molecular formula is C7H7Cl2N5O2. The average Bonchev–Trinajstić information content (AvgIpc) is 2.27. The molecule has 0 radical (unpaired) electrons. The number of nitrogens with zero attached hydrogens (tertiary/aromatic N) is 5. The van der Waals surface area contributed by atoms with E-state index in [-0.39, 0.29) is 23.1 Å². The van der Waals surface area contributed by atoms with Crippen molar-refractivity contribution in [2.75, 3.05) is 6.54 Å². The summed E-state index contributed by atoms with van der Waals surface area (Å²) in [5, 5.41) is 16.1. The molecule has 86 valence electrons. The molecule has 9 heteroatoms. The molecule has 1 aromatic rings. The Kier molecular flexibility index (Phi) is 4.57. The summed E-state index contributed by atoms with van der Waals surface area (Å²) in [6, 6.07) is 0. The topological polar surface area (TPSA) is 104 Å². The minimum Gasteiger partial charge on any atom is -0.391 e. The Labute approximate surface area is 99.8 Å². The first-order chi connectivity index (χ1) is 7.56. The van der Waals surface area contributed by atoms with Crippen molar-refractivity contribution in [2.45, 2.75) is 12.6 Å². The highest BCUT2D eigenvalue weighted by Crippen LogP contribution is 2.14. The fraction of sp³-hybridized carbons (Fsp3) is 0.429. The Bertz CT molecular complexity index is 482. The predicted octanol–water partition coefficient (Wildman–Crippen LogP) is 1.22. The largest absolute Gasteiger partial charge is 0.391 e. The lowest BCUT2D eigenvalue weighted by Crippen LogP contribution is -2.30. The average molecular weight is 264 g/mol. The van der Waals surface area contributed by atoms with Crippen LogP contribution in [0.2, 0.25) is 10.0 Å². The van der Waals surface area contributed by atoms with E-state index in [1.54, 1.807) is 0 Å². The van der Waals surface area contributed by atoms with Gasteiger partial charge in [0.05, 0.1) is 30.4 Å². The van der Waals surface area contributed by atoms with Crippen molar-refractivity contribution in [1.82, 2.24) is 9.78 Å². The van der Waals surface area contributed by atoms with Crippen molar-refractivity contribution in [3.8, 4) is 0 Å². The molecule has 1 aromatic heterocycles. The van der Waals surface area contributed by atoms with Crippen molar-refractivity contribution >= 4 is 23.2 Å². The van der Waals surface area contributed by atoms with Gasteiger partial charge < -0.3 is 5.11 Å². The van der Waals surface area contributed by atoms with Gasteiger partial charge in [-0.1, -0.05) is 28.3 Å². The van der Waals surface area contributed by atoms with E-state index in [9.17, 15) is 9.90 Å². The summed E-state index contributed by atoms with van der Waals surface area (Å²) in [4.78, 5) is 13.9. The van der Waals surface area contributed by atoms with Crippen molar-refractivity contribution < 1.29 is 5.11 Å². The molecule has 1 N–H and O–H groups in total. The Balaban J connectivity index is 2.86. The summed E-state index contributed by atoms with van der Waals surface area (Å²) in [6.45, 7) is -0.264. The Hall–Kier alpha value is -1.27. The molecule has 0 bridgehead atoms. The number of aromatic nitrogens is 2. The van der Waals surface area contributed by atoms with Crippen LogP contribution in [0.5, 0.6) is 0 Å². The molecule has 1 rings (SSSR count). The molecule has 0 fully saturated rings. The molecule has 0 amide bonds. The monoisotopic (exact) mass is 263 g/mol. The molecule has 0 saturated heterocycles. The summed E-state index contributed by atoms with van der Waals surface area (Å²) >= 11 is 11.2. The van der Waals surface area contributed by atoms with E-state index in [0.717, 1.165) is 4.68 Å². The zero-order chi connectivity index (χ0) is 12.1. The number of azide groups is 1. The molecule has 0 aliphatic rings. The van der Waals surface area contributed by atoms with Gasteiger partial charge in [-0.2, -0.15) is 5.10 Å². The van der Waals surface area contributed by atoms with Crippen LogP contribution in [0, 0.1) is 0 Å². The van der Waals surface area contributed by atoms with E-state index < -0.39 is 11.7 Å². The molecule has 7 nitrogen and oxygen atoms in total. The first-order valence-corrected chi connectivity index (χ1v) is 4.92. The quantitative estimate of drug-likeness (QED) is 0.502. The number of hydrogen-bond donors (Lipinski definition) is 1. The van der Waals surface area contributed by atoms with E-state index in [2.05, 4.69) is 15.1 Å². The Morgan fingerprint density at radius 1 is 1.69 bits per heavy atom. The second kappa shape index (κ2) is 5.72. The van der Waals surface area contributed by atoms with Crippen LogP contribution in [0.4, 0.5) is 0 Å².